The highest BCUT2D eigenvalue weighted by molar-refractivity contribution is 5.90. The molecule has 0 bridgehead atoms. The molecule has 0 saturated carbocycles. The molecule has 2 heterocycles. The molecule has 3 aromatic carbocycles. The second-order valence-corrected chi connectivity index (χ2v) is 12.5. The van der Waals surface area contributed by atoms with Crippen LogP contribution in [-0.2, 0) is 32.2 Å². The number of alkyl halides is 3. The van der Waals surface area contributed by atoms with E-state index in [2.05, 4.69) is 23.7 Å². The van der Waals surface area contributed by atoms with Gasteiger partial charge in [0.15, 0.2) is 6.29 Å². The Morgan fingerprint density at radius 3 is 2.40 bits per heavy atom. The second kappa shape index (κ2) is 15.5. The van der Waals surface area contributed by atoms with Gasteiger partial charge in [0.05, 0.1) is 18.8 Å². The number of aliphatic hydroxyl groups is 1. The maximum atomic E-state index is 13.1. The number of benzene rings is 3. The molecule has 2 fully saturated rings. The number of hydrogen-bond donors (Lipinski definition) is 2. The van der Waals surface area contributed by atoms with Gasteiger partial charge in [0.25, 0.3) is 0 Å². The molecule has 2 N–H and O–H groups in total. The number of hydrogen-bond acceptors (Lipinski definition) is 6. The van der Waals surface area contributed by atoms with Gasteiger partial charge in [0, 0.05) is 37.7 Å². The van der Waals surface area contributed by atoms with E-state index in [0.717, 1.165) is 33.4 Å². The van der Waals surface area contributed by atoms with Gasteiger partial charge in [-0.3, -0.25) is 9.59 Å². The number of rotatable bonds is 11. The van der Waals surface area contributed by atoms with Crippen LogP contribution in [0.4, 0.5) is 13.2 Å². The predicted molar refractivity (Wildman–Crippen MR) is 175 cm³/mol. The fourth-order valence-electron chi connectivity index (χ4n) is 6.45. The fourth-order valence-corrected chi connectivity index (χ4v) is 6.45. The molecule has 0 aliphatic carbocycles. The topological polar surface area (TPSA) is 91.3 Å². The van der Waals surface area contributed by atoms with Crippen LogP contribution in [0.5, 0.6) is 0 Å². The summed E-state index contributed by atoms with van der Waals surface area (Å²) in [7, 11) is 2.02. The number of nitrogens with zero attached hydrogens (tertiary/aromatic N) is 2. The zero-order valence-electron chi connectivity index (χ0n) is 27.2. The third kappa shape index (κ3) is 8.15. The Morgan fingerprint density at radius 2 is 1.73 bits per heavy atom. The van der Waals surface area contributed by atoms with Crippen molar-refractivity contribution in [3.63, 3.8) is 0 Å². The van der Waals surface area contributed by atoms with Crippen molar-refractivity contribution in [3.05, 3.63) is 108 Å². The lowest BCUT2D eigenvalue weighted by Gasteiger charge is -2.42. The molecule has 48 heavy (non-hydrogen) atoms. The average molecular weight is 666 g/mol. The third-order valence-electron chi connectivity index (χ3n) is 9.08. The van der Waals surface area contributed by atoms with Gasteiger partial charge in [-0.2, -0.15) is 13.2 Å². The summed E-state index contributed by atoms with van der Waals surface area (Å²) in [4.78, 5) is 27.5. The molecule has 2 aliphatic rings. The van der Waals surface area contributed by atoms with Gasteiger partial charge in [-0.1, -0.05) is 85.8 Å². The summed E-state index contributed by atoms with van der Waals surface area (Å²) in [5.41, 5.74) is 5.16. The molecule has 2 aliphatic heterocycles. The van der Waals surface area contributed by atoms with Crippen LogP contribution in [-0.4, -0.2) is 71.7 Å². The third-order valence-corrected chi connectivity index (χ3v) is 9.08. The first kappa shape index (κ1) is 35.3. The average Bonchev–Trinajstić information content (AvgIpc) is 3.58. The quantitative estimate of drug-likeness (QED) is 0.247. The van der Waals surface area contributed by atoms with Gasteiger partial charge in [-0.15, -0.1) is 6.58 Å². The zero-order chi connectivity index (χ0) is 34.4. The summed E-state index contributed by atoms with van der Waals surface area (Å²) in [5.74, 6) is -2.55. The summed E-state index contributed by atoms with van der Waals surface area (Å²) in [5, 5.41) is 12.3. The summed E-state index contributed by atoms with van der Waals surface area (Å²) >= 11 is 0. The molecule has 0 radical (unpaired) electrons. The van der Waals surface area contributed by atoms with E-state index in [1.54, 1.807) is 0 Å². The standard InChI is InChI=1S/C37H42F3N3O5/c1-4-19-42(3)22-32-24(2)33(27-13-11-25(23-44)12-14-27)48-35(47-32)28-17-15-26(16-18-28)30-9-6-5-8-29(30)21-41-34(45)31-10-7-20-43(31)36(46)37(38,39)40/h4-6,8-9,11-18,24,31-33,35,44H,1,7,10,19-23H2,2-3H3,(H,41,45)/t24-,31+,32+,33+,35+/m1/s1. The van der Waals surface area contributed by atoms with E-state index in [9.17, 15) is 27.9 Å². The van der Waals surface area contributed by atoms with E-state index in [0.29, 0.717) is 24.4 Å². The molecule has 256 valence electrons. The smallest absolute Gasteiger partial charge is 0.392 e. The van der Waals surface area contributed by atoms with E-state index in [1.807, 2.05) is 85.9 Å². The molecule has 11 heteroatoms. The highest BCUT2D eigenvalue weighted by Crippen LogP contribution is 2.42. The Bertz CT molecular complexity index is 1560. The number of aliphatic hydroxyl groups excluding tert-OH is 1. The first-order chi connectivity index (χ1) is 23.0. The Kier molecular flexibility index (Phi) is 11.4. The first-order valence-corrected chi connectivity index (χ1v) is 16.1. The Labute approximate surface area is 279 Å². The normalized spacial score (nSPS) is 22.9. The van der Waals surface area contributed by atoms with Crippen molar-refractivity contribution < 1.29 is 37.3 Å². The van der Waals surface area contributed by atoms with E-state index in [4.69, 9.17) is 9.47 Å². The van der Waals surface area contributed by atoms with Crippen LogP contribution in [0.1, 0.15) is 54.4 Å². The number of likely N-dealkylation sites (N-methyl/N-ethyl adjacent to an activating group) is 1. The van der Waals surface area contributed by atoms with E-state index >= 15 is 0 Å². The number of halogens is 3. The molecule has 5 atom stereocenters. The number of carbonyl (C=O) groups is 2. The molecule has 2 amide bonds. The van der Waals surface area contributed by atoms with Crippen molar-refractivity contribution in [2.45, 2.75) is 63.6 Å². The Balaban J connectivity index is 1.32. The first-order valence-electron chi connectivity index (χ1n) is 16.1. The largest absolute Gasteiger partial charge is 0.471 e. The molecular formula is C37H42F3N3O5. The van der Waals surface area contributed by atoms with Crippen molar-refractivity contribution >= 4 is 11.8 Å². The van der Waals surface area contributed by atoms with Gasteiger partial charge in [0.1, 0.15) is 6.04 Å². The van der Waals surface area contributed by atoms with Gasteiger partial charge in [0.2, 0.25) is 5.91 Å². The Hall–Kier alpha value is -4.03. The van der Waals surface area contributed by atoms with E-state index in [1.165, 1.54) is 0 Å². The van der Waals surface area contributed by atoms with Crippen molar-refractivity contribution in [2.75, 3.05) is 26.7 Å². The molecule has 5 rings (SSSR count). The minimum absolute atomic E-state index is 0.0357. The lowest BCUT2D eigenvalue weighted by Crippen LogP contribution is -2.50. The van der Waals surface area contributed by atoms with Crippen molar-refractivity contribution in [2.24, 2.45) is 5.92 Å². The van der Waals surface area contributed by atoms with Crippen molar-refractivity contribution in [1.29, 1.82) is 0 Å². The van der Waals surface area contributed by atoms with Gasteiger partial charge >= 0.3 is 12.1 Å². The SMILES string of the molecule is C=CCN(C)C[C@@H]1O[C@H](c2ccc(-c3ccccc3CNC(=O)[C@@H]3CCCN3C(=O)C(F)(F)F)cc2)O[C@H](c2ccc(CO)cc2)[C@@H]1C. The van der Waals surface area contributed by atoms with Gasteiger partial charge in [-0.25, -0.2) is 0 Å². The minimum Gasteiger partial charge on any atom is -0.392 e. The van der Waals surface area contributed by atoms with Crippen LogP contribution < -0.4 is 5.32 Å². The highest BCUT2D eigenvalue weighted by atomic mass is 19.4. The summed E-state index contributed by atoms with van der Waals surface area (Å²) in [6.45, 7) is 7.31. The predicted octanol–water partition coefficient (Wildman–Crippen LogP) is 5.92. The molecule has 8 nitrogen and oxygen atoms in total. The summed E-state index contributed by atoms with van der Waals surface area (Å²) in [6.07, 6.45) is -3.67. The summed E-state index contributed by atoms with van der Waals surface area (Å²) < 4.78 is 52.3. The van der Waals surface area contributed by atoms with Crippen LogP contribution in [0.25, 0.3) is 11.1 Å². The molecule has 0 aromatic heterocycles. The fraction of sp³-hybridized carbons (Fsp3) is 0.405. The van der Waals surface area contributed by atoms with Crippen molar-refractivity contribution in [3.8, 4) is 11.1 Å². The molecule has 3 aromatic rings. The number of ether oxygens (including phenoxy) is 2. The molecule has 2 saturated heterocycles. The monoisotopic (exact) mass is 665 g/mol. The maximum Gasteiger partial charge on any atom is 0.471 e. The number of amides is 2. The van der Waals surface area contributed by atoms with Gasteiger partial charge < -0.3 is 29.7 Å². The minimum atomic E-state index is -5.02. The van der Waals surface area contributed by atoms with Crippen LogP contribution in [0.15, 0.2) is 85.5 Å². The van der Waals surface area contributed by atoms with Crippen LogP contribution in [0, 0.1) is 5.92 Å². The van der Waals surface area contributed by atoms with E-state index < -0.39 is 30.3 Å². The van der Waals surface area contributed by atoms with Crippen molar-refractivity contribution in [1.82, 2.24) is 15.1 Å². The second-order valence-electron chi connectivity index (χ2n) is 12.5. The van der Waals surface area contributed by atoms with Crippen LogP contribution in [0.3, 0.4) is 0 Å². The highest BCUT2D eigenvalue weighted by Gasteiger charge is 2.47. The molecule has 0 unspecified atom stereocenters. The molecule has 0 spiro atoms. The number of nitrogens with one attached hydrogen (secondary N) is 1. The van der Waals surface area contributed by atoms with E-state index in [-0.39, 0.29) is 44.2 Å². The Morgan fingerprint density at radius 1 is 1.04 bits per heavy atom. The lowest BCUT2D eigenvalue weighted by atomic mass is 9.90. The zero-order valence-corrected chi connectivity index (χ0v) is 27.2. The van der Waals surface area contributed by atoms with Gasteiger partial charge in [-0.05, 0) is 47.7 Å². The summed E-state index contributed by atoms with van der Waals surface area (Å²) in [6, 6.07) is 21.9. The number of likely N-dealkylation sites (tertiary alicyclic amines) is 1. The van der Waals surface area contributed by atoms with Crippen LogP contribution >= 0.6 is 0 Å². The number of carbonyl (C=O) groups excluding carboxylic acids is 2. The molecular weight excluding hydrogens is 623 g/mol. The lowest BCUT2D eigenvalue weighted by molar-refractivity contribution is -0.275. The maximum absolute atomic E-state index is 13.1. The van der Waals surface area contributed by atoms with Crippen LogP contribution in [0.2, 0.25) is 0 Å².